The fraction of sp³-hybridized carbons (Fsp3) is 0.343. The van der Waals surface area contributed by atoms with Gasteiger partial charge in [-0.1, -0.05) is 31.4 Å². The molecule has 7 rings (SSSR count). The van der Waals surface area contributed by atoms with Crippen molar-refractivity contribution in [1.82, 2.24) is 14.5 Å². The Bertz CT molecular complexity index is 1920. The maximum absolute atomic E-state index is 13.9. The highest BCUT2D eigenvalue weighted by Gasteiger charge is 2.32. The number of benzene rings is 2. The van der Waals surface area contributed by atoms with Crippen LogP contribution in [0.3, 0.4) is 0 Å². The lowest BCUT2D eigenvalue weighted by atomic mass is 9.83. The average Bonchev–Trinajstić information content (AvgIpc) is 3.73. The number of carboxylic acids is 1. The van der Waals surface area contributed by atoms with Crippen LogP contribution in [-0.4, -0.2) is 44.0 Å². The van der Waals surface area contributed by atoms with Crippen LogP contribution < -0.4 is 0 Å². The molecular weight excluding hydrogens is 580 g/mol. The van der Waals surface area contributed by atoms with E-state index in [2.05, 4.69) is 17.6 Å². The van der Waals surface area contributed by atoms with Crippen LogP contribution >= 0.6 is 11.3 Å². The normalized spacial score (nSPS) is 17.6. The van der Waals surface area contributed by atoms with Gasteiger partial charge in [0.25, 0.3) is 0 Å². The Morgan fingerprint density at radius 2 is 1.73 bits per heavy atom. The first-order valence-electron chi connectivity index (χ1n) is 15.3. The van der Waals surface area contributed by atoms with E-state index < -0.39 is 17.6 Å². The molecule has 1 aliphatic carbocycles. The number of hydrogen-bond donors (Lipinski definition) is 1. The third-order valence-electron chi connectivity index (χ3n) is 9.34. The van der Waals surface area contributed by atoms with Gasteiger partial charge in [0.15, 0.2) is 11.6 Å². The highest BCUT2D eigenvalue weighted by atomic mass is 32.1. The van der Waals surface area contributed by atoms with Crippen LogP contribution in [0, 0.1) is 11.6 Å². The number of carbonyl (C=O) groups is 2. The highest BCUT2D eigenvalue weighted by molar-refractivity contribution is 7.21. The molecule has 1 saturated carbocycles. The highest BCUT2D eigenvalue weighted by Crippen LogP contribution is 2.47. The summed E-state index contributed by atoms with van der Waals surface area (Å²) in [4.78, 5) is 32.8. The number of amides is 1. The lowest BCUT2D eigenvalue weighted by Gasteiger charge is -2.25. The molecule has 0 spiro atoms. The monoisotopic (exact) mass is 613 g/mol. The van der Waals surface area contributed by atoms with Gasteiger partial charge >= 0.3 is 5.97 Å². The van der Waals surface area contributed by atoms with E-state index in [-0.39, 0.29) is 29.3 Å². The van der Waals surface area contributed by atoms with Crippen LogP contribution in [0.1, 0.15) is 73.0 Å². The molecule has 1 N–H and O–H groups in total. The Labute approximate surface area is 257 Å². The van der Waals surface area contributed by atoms with Gasteiger partial charge in [-0.25, -0.2) is 18.6 Å². The van der Waals surface area contributed by atoms with Crippen molar-refractivity contribution in [3.8, 4) is 22.5 Å². The number of halogens is 2. The van der Waals surface area contributed by atoms with E-state index in [0.29, 0.717) is 16.8 Å². The molecule has 2 aromatic carbocycles. The molecule has 2 aliphatic rings. The van der Waals surface area contributed by atoms with Gasteiger partial charge in [-0.2, -0.15) is 0 Å². The Morgan fingerprint density at radius 3 is 2.45 bits per heavy atom. The number of likely N-dealkylation sites (tertiary alicyclic amines) is 1. The molecule has 1 atom stereocenters. The van der Waals surface area contributed by atoms with Crippen LogP contribution in [0.25, 0.3) is 43.6 Å². The molecule has 0 bridgehead atoms. The molecular formula is C35H33F2N3O3S. The van der Waals surface area contributed by atoms with Gasteiger partial charge in [0.2, 0.25) is 5.91 Å². The molecule has 1 saturated heterocycles. The number of carbonyl (C=O) groups excluding carboxylic acids is 1. The third kappa shape index (κ3) is 5.07. The van der Waals surface area contributed by atoms with Crippen LogP contribution in [0.15, 0.2) is 54.6 Å². The number of thiophene rings is 1. The second-order valence-corrected chi connectivity index (χ2v) is 13.2. The third-order valence-corrected chi connectivity index (χ3v) is 10.5. The van der Waals surface area contributed by atoms with Gasteiger partial charge < -0.3 is 14.6 Å². The molecule has 3 aromatic heterocycles. The van der Waals surface area contributed by atoms with Gasteiger partial charge in [0, 0.05) is 23.5 Å². The fourth-order valence-electron chi connectivity index (χ4n) is 7.12. The van der Waals surface area contributed by atoms with Crippen LogP contribution in [0.4, 0.5) is 8.78 Å². The Balaban J connectivity index is 1.39. The summed E-state index contributed by atoms with van der Waals surface area (Å²) in [6.45, 7) is 2.97. The van der Waals surface area contributed by atoms with E-state index in [1.807, 2.05) is 23.1 Å². The van der Waals surface area contributed by atoms with Crippen molar-refractivity contribution in [3.05, 3.63) is 76.7 Å². The first-order valence-corrected chi connectivity index (χ1v) is 16.2. The number of fused-ring (bicyclic) bond motifs is 2. The summed E-state index contributed by atoms with van der Waals surface area (Å²) in [5.41, 5.74) is 5.62. The van der Waals surface area contributed by atoms with Gasteiger partial charge in [-0.15, -0.1) is 11.3 Å². The van der Waals surface area contributed by atoms with E-state index in [0.717, 1.165) is 89.6 Å². The number of aromatic carboxylic acids is 1. The van der Waals surface area contributed by atoms with Crippen molar-refractivity contribution in [2.45, 2.75) is 70.4 Å². The predicted molar refractivity (Wildman–Crippen MR) is 169 cm³/mol. The molecule has 0 radical (unpaired) electrons. The van der Waals surface area contributed by atoms with Crippen molar-refractivity contribution >= 4 is 44.3 Å². The second kappa shape index (κ2) is 11.4. The predicted octanol–water partition coefficient (Wildman–Crippen LogP) is 8.62. The maximum atomic E-state index is 13.9. The van der Waals surface area contributed by atoms with Crippen LogP contribution in [0.5, 0.6) is 0 Å². The lowest BCUT2D eigenvalue weighted by molar-refractivity contribution is -0.132. The summed E-state index contributed by atoms with van der Waals surface area (Å²) in [5.74, 6) is -2.45. The number of nitrogens with zero attached hydrogens (tertiary/aromatic N) is 3. The van der Waals surface area contributed by atoms with E-state index in [4.69, 9.17) is 4.98 Å². The summed E-state index contributed by atoms with van der Waals surface area (Å²) in [5, 5.41) is 10.8. The molecule has 226 valence electrons. The molecule has 44 heavy (non-hydrogen) atoms. The largest absolute Gasteiger partial charge is 0.477 e. The number of carboxylic acid groups (broad SMARTS) is 1. The zero-order valence-electron chi connectivity index (χ0n) is 24.5. The van der Waals surface area contributed by atoms with E-state index in [1.54, 1.807) is 12.1 Å². The average molecular weight is 614 g/mol. The molecule has 4 heterocycles. The van der Waals surface area contributed by atoms with Crippen LogP contribution in [-0.2, 0) is 11.3 Å². The van der Waals surface area contributed by atoms with Crippen molar-refractivity contribution in [2.24, 2.45) is 0 Å². The zero-order chi connectivity index (χ0) is 30.5. The SMILES string of the molecule is CC1CCCN1C(=O)Cn1c(-c2ccc3nc(-c4ccc(F)c(F)c4)ccc3c2)c(C2CCCCC2)c2sc(C(=O)O)cc21. The Hall–Kier alpha value is -4.11. The molecule has 1 aliphatic heterocycles. The zero-order valence-corrected chi connectivity index (χ0v) is 25.3. The van der Waals surface area contributed by atoms with E-state index in [1.165, 1.54) is 23.8 Å². The fourth-order valence-corrected chi connectivity index (χ4v) is 8.24. The Kier molecular flexibility index (Phi) is 7.44. The van der Waals surface area contributed by atoms with Crippen LogP contribution in [0.2, 0.25) is 0 Å². The summed E-state index contributed by atoms with van der Waals surface area (Å²) in [6, 6.07) is 15.4. The van der Waals surface area contributed by atoms with Crippen molar-refractivity contribution in [1.29, 1.82) is 0 Å². The summed E-state index contributed by atoms with van der Waals surface area (Å²) >= 11 is 1.31. The maximum Gasteiger partial charge on any atom is 0.345 e. The lowest BCUT2D eigenvalue weighted by Crippen LogP contribution is -2.36. The topological polar surface area (TPSA) is 75.4 Å². The van der Waals surface area contributed by atoms with Gasteiger partial charge in [0.05, 0.1) is 27.1 Å². The summed E-state index contributed by atoms with van der Waals surface area (Å²) in [7, 11) is 0. The van der Waals surface area contributed by atoms with Gasteiger partial charge in [-0.3, -0.25) is 4.79 Å². The Morgan fingerprint density at radius 1 is 0.932 bits per heavy atom. The number of rotatable bonds is 6. The summed E-state index contributed by atoms with van der Waals surface area (Å²) < 4.78 is 30.5. The van der Waals surface area contributed by atoms with E-state index >= 15 is 0 Å². The first-order chi connectivity index (χ1) is 21.3. The van der Waals surface area contributed by atoms with Crippen molar-refractivity contribution in [2.75, 3.05) is 6.54 Å². The van der Waals surface area contributed by atoms with Crippen molar-refractivity contribution < 1.29 is 23.5 Å². The molecule has 6 nitrogen and oxygen atoms in total. The first kappa shape index (κ1) is 28.6. The summed E-state index contributed by atoms with van der Waals surface area (Å²) in [6.07, 6.45) is 7.44. The minimum atomic E-state index is -0.956. The van der Waals surface area contributed by atoms with E-state index in [9.17, 15) is 23.5 Å². The smallest absolute Gasteiger partial charge is 0.345 e. The van der Waals surface area contributed by atoms with Gasteiger partial charge in [-0.05, 0) is 92.1 Å². The molecule has 1 unspecified atom stereocenters. The molecule has 1 amide bonds. The minimum Gasteiger partial charge on any atom is -0.477 e. The standard InChI is InChI=1S/C35H33F2N3O3S/c1-20-6-5-15-39(20)31(41)19-40-29-18-30(35(42)43)44-34(29)32(21-7-3-2-4-8-21)33(40)24-11-14-27-22(16-24)10-13-28(38-27)23-9-12-25(36)26(37)17-23/h9-14,16-18,20-21H,2-8,15,19H2,1H3,(H,42,43). The molecule has 9 heteroatoms. The number of hydrogen-bond acceptors (Lipinski definition) is 4. The number of aromatic nitrogens is 2. The quantitative estimate of drug-likeness (QED) is 0.208. The van der Waals surface area contributed by atoms with Crippen molar-refractivity contribution in [3.63, 3.8) is 0 Å². The minimum absolute atomic E-state index is 0.0463. The second-order valence-electron chi connectivity index (χ2n) is 12.1. The number of pyridine rings is 1. The molecule has 5 aromatic rings. The van der Waals surface area contributed by atoms with Gasteiger partial charge in [0.1, 0.15) is 11.4 Å². The molecule has 2 fully saturated rings.